The molecule has 0 aliphatic carbocycles. The fraction of sp³-hybridized carbons (Fsp3) is 0.154. The standard InChI is InChI=1S/C13H12ClN3O2/c1-19-12-7-10(6-11(14)17-12)13(18)16-8-9-2-4-15-5-3-9/h2-7H,8H2,1H3,(H,16,18). The van der Waals surface area contributed by atoms with Gasteiger partial charge in [-0.05, 0) is 23.8 Å². The lowest BCUT2D eigenvalue weighted by Gasteiger charge is -2.07. The molecule has 0 spiro atoms. The number of pyridine rings is 2. The first-order valence-corrected chi connectivity index (χ1v) is 5.95. The first-order chi connectivity index (χ1) is 9.19. The summed E-state index contributed by atoms with van der Waals surface area (Å²) < 4.78 is 4.96. The first kappa shape index (κ1) is 13.3. The van der Waals surface area contributed by atoms with Gasteiger partial charge in [0.25, 0.3) is 5.91 Å². The van der Waals surface area contributed by atoms with Crippen molar-refractivity contribution in [1.29, 1.82) is 0 Å². The average Bonchev–Trinajstić information content (AvgIpc) is 2.45. The Morgan fingerprint density at radius 2 is 2.11 bits per heavy atom. The molecule has 0 bridgehead atoms. The molecule has 2 rings (SSSR count). The largest absolute Gasteiger partial charge is 0.481 e. The number of halogens is 1. The quantitative estimate of drug-likeness (QED) is 0.869. The Kier molecular flexibility index (Phi) is 4.30. The molecule has 1 amide bonds. The first-order valence-electron chi connectivity index (χ1n) is 5.57. The van der Waals surface area contributed by atoms with Crippen LogP contribution < -0.4 is 10.1 Å². The zero-order valence-electron chi connectivity index (χ0n) is 10.3. The fourth-order valence-electron chi connectivity index (χ4n) is 1.49. The summed E-state index contributed by atoms with van der Waals surface area (Å²) in [5.41, 5.74) is 1.38. The van der Waals surface area contributed by atoms with E-state index in [2.05, 4.69) is 15.3 Å². The van der Waals surface area contributed by atoms with Gasteiger partial charge in [-0.1, -0.05) is 11.6 Å². The number of methoxy groups -OCH3 is 1. The van der Waals surface area contributed by atoms with Crippen LogP contribution in [0.3, 0.4) is 0 Å². The highest BCUT2D eigenvalue weighted by Crippen LogP contribution is 2.16. The van der Waals surface area contributed by atoms with Crippen LogP contribution in [-0.4, -0.2) is 23.0 Å². The third-order valence-electron chi connectivity index (χ3n) is 2.44. The van der Waals surface area contributed by atoms with Gasteiger partial charge in [-0.3, -0.25) is 9.78 Å². The van der Waals surface area contributed by atoms with E-state index in [1.54, 1.807) is 12.4 Å². The number of nitrogens with one attached hydrogen (secondary N) is 1. The van der Waals surface area contributed by atoms with Crippen molar-refractivity contribution in [1.82, 2.24) is 15.3 Å². The van der Waals surface area contributed by atoms with Crippen LogP contribution in [0.25, 0.3) is 0 Å². The van der Waals surface area contributed by atoms with Crippen LogP contribution in [-0.2, 0) is 6.54 Å². The monoisotopic (exact) mass is 277 g/mol. The van der Waals surface area contributed by atoms with Gasteiger partial charge in [0.05, 0.1) is 7.11 Å². The van der Waals surface area contributed by atoms with E-state index in [9.17, 15) is 4.79 Å². The lowest BCUT2D eigenvalue weighted by molar-refractivity contribution is 0.0950. The second-order valence-electron chi connectivity index (χ2n) is 3.76. The van der Waals surface area contributed by atoms with Gasteiger partial charge in [0.2, 0.25) is 5.88 Å². The Bertz CT molecular complexity index is 575. The highest BCUT2D eigenvalue weighted by atomic mass is 35.5. The minimum Gasteiger partial charge on any atom is -0.481 e. The van der Waals surface area contributed by atoms with Crippen molar-refractivity contribution in [3.8, 4) is 5.88 Å². The summed E-state index contributed by atoms with van der Waals surface area (Å²) in [4.78, 5) is 19.8. The van der Waals surface area contributed by atoms with E-state index < -0.39 is 0 Å². The fourth-order valence-corrected chi connectivity index (χ4v) is 1.69. The number of hydrogen-bond donors (Lipinski definition) is 1. The molecule has 0 saturated carbocycles. The lowest BCUT2D eigenvalue weighted by Crippen LogP contribution is -2.22. The lowest BCUT2D eigenvalue weighted by atomic mass is 10.2. The van der Waals surface area contributed by atoms with Crippen molar-refractivity contribution in [2.45, 2.75) is 6.54 Å². The molecule has 0 radical (unpaired) electrons. The van der Waals surface area contributed by atoms with E-state index in [1.807, 2.05) is 12.1 Å². The van der Waals surface area contributed by atoms with Crippen molar-refractivity contribution < 1.29 is 9.53 Å². The minimum atomic E-state index is -0.237. The van der Waals surface area contributed by atoms with Crippen LogP contribution in [0, 0.1) is 0 Å². The number of aromatic nitrogens is 2. The van der Waals surface area contributed by atoms with Crippen molar-refractivity contribution in [2.24, 2.45) is 0 Å². The van der Waals surface area contributed by atoms with Gasteiger partial charge in [-0.2, -0.15) is 0 Å². The molecule has 1 N–H and O–H groups in total. The smallest absolute Gasteiger partial charge is 0.251 e. The molecule has 0 aromatic carbocycles. The van der Waals surface area contributed by atoms with Crippen LogP contribution in [0.2, 0.25) is 5.15 Å². The summed E-state index contributed by atoms with van der Waals surface area (Å²) in [7, 11) is 1.47. The van der Waals surface area contributed by atoms with Gasteiger partial charge >= 0.3 is 0 Å². The van der Waals surface area contributed by atoms with Crippen LogP contribution in [0.15, 0.2) is 36.7 Å². The molecule has 0 aliphatic rings. The molecule has 0 unspecified atom stereocenters. The van der Waals surface area contributed by atoms with Gasteiger partial charge in [-0.25, -0.2) is 4.98 Å². The van der Waals surface area contributed by atoms with Crippen LogP contribution in [0.5, 0.6) is 5.88 Å². The molecule has 0 atom stereocenters. The zero-order valence-corrected chi connectivity index (χ0v) is 11.0. The minimum absolute atomic E-state index is 0.216. The maximum Gasteiger partial charge on any atom is 0.251 e. The Hall–Kier alpha value is -2.14. The molecule has 19 heavy (non-hydrogen) atoms. The molecule has 98 valence electrons. The molecule has 2 aromatic rings. The topological polar surface area (TPSA) is 64.1 Å². The number of hydrogen-bond acceptors (Lipinski definition) is 4. The molecule has 0 aliphatic heterocycles. The third kappa shape index (κ3) is 3.66. The molecule has 2 aromatic heterocycles. The summed E-state index contributed by atoms with van der Waals surface area (Å²) in [5, 5.41) is 3.00. The molecule has 5 nitrogen and oxygen atoms in total. The van der Waals surface area contributed by atoms with Crippen molar-refractivity contribution in [2.75, 3.05) is 7.11 Å². The molecule has 0 fully saturated rings. The van der Waals surface area contributed by atoms with Crippen molar-refractivity contribution in [3.63, 3.8) is 0 Å². The Labute approximate surface area is 115 Å². The van der Waals surface area contributed by atoms with E-state index >= 15 is 0 Å². The van der Waals surface area contributed by atoms with E-state index in [-0.39, 0.29) is 11.1 Å². The maximum atomic E-state index is 12.0. The van der Waals surface area contributed by atoms with Crippen LogP contribution in [0.1, 0.15) is 15.9 Å². The highest BCUT2D eigenvalue weighted by Gasteiger charge is 2.09. The molecular formula is C13H12ClN3O2. The van der Waals surface area contributed by atoms with Crippen LogP contribution in [0.4, 0.5) is 0 Å². The summed E-state index contributed by atoms with van der Waals surface area (Å²) in [5.74, 6) is 0.0703. The predicted octanol–water partition coefficient (Wildman–Crippen LogP) is 2.07. The summed E-state index contributed by atoms with van der Waals surface area (Å²) in [6.45, 7) is 0.420. The van der Waals surface area contributed by atoms with E-state index in [0.29, 0.717) is 18.0 Å². The van der Waals surface area contributed by atoms with E-state index in [0.717, 1.165) is 5.56 Å². The number of ether oxygens (including phenoxy) is 1. The third-order valence-corrected chi connectivity index (χ3v) is 2.64. The van der Waals surface area contributed by atoms with Gasteiger partial charge in [-0.15, -0.1) is 0 Å². The Balaban J connectivity index is 2.06. The number of amides is 1. The Morgan fingerprint density at radius 3 is 2.79 bits per heavy atom. The number of rotatable bonds is 4. The Morgan fingerprint density at radius 1 is 1.37 bits per heavy atom. The van der Waals surface area contributed by atoms with E-state index in [1.165, 1.54) is 19.2 Å². The number of nitrogens with zero attached hydrogens (tertiary/aromatic N) is 2. The normalized spacial score (nSPS) is 10.0. The highest BCUT2D eigenvalue weighted by molar-refractivity contribution is 6.29. The molecule has 6 heteroatoms. The van der Waals surface area contributed by atoms with Gasteiger partial charge < -0.3 is 10.1 Å². The van der Waals surface area contributed by atoms with E-state index in [4.69, 9.17) is 16.3 Å². The average molecular weight is 278 g/mol. The SMILES string of the molecule is COc1cc(C(=O)NCc2ccncc2)cc(Cl)n1. The van der Waals surface area contributed by atoms with Crippen molar-refractivity contribution >= 4 is 17.5 Å². The van der Waals surface area contributed by atoms with Gasteiger partial charge in [0.15, 0.2) is 0 Å². The maximum absolute atomic E-state index is 12.0. The number of carbonyl (C=O) groups is 1. The number of carbonyl (C=O) groups excluding carboxylic acids is 1. The van der Waals surface area contributed by atoms with Crippen molar-refractivity contribution in [3.05, 3.63) is 52.9 Å². The molecule has 2 heterocycles. The molecular weight excluding hydrogens is 266 g/mol. The van der Waals surface area contributed by atoms with Gasteiger partial charge in [0.1, 0.15) is 5.15 Å². The second-order valence-corrected chi connectivity index (χ2v) is 4.15. The second kappa shape index (κ2) is 6.15. The summed E-state index contributed by atoms with van der Waals surface area (Å²) in [6, 6.07) is 6.69. The predicted molar refractivity (Wildman–Crippen MR) is 71.2 cm³/mol. The van der Waals surface area contributed by atoms with Gasteiger partial charge in [0, 0.05) is 30.6 Å². The summed E-state index contributed by atoms with van der Waals surface area (Å²) in [6.07, 6.45) is 3.35. The molecule has 0 saturated heterocycles. The zero-order chi connectivity index (χ0) is 13.7. The summed E-state index contributed by atoms with van der Waals surface area (Å²) >= 11 is 5.81. The van der Waals surface area contributed by atoms with Crippen LogP contribution >= 0.6 is 11.6 Å².